The molecule has 0 saturated heterocycles. The molecule has 104 valence electrons. The minimum absolute atomic E-state index is 0.136. The molecule has 0 bridgehead atoms. The van der Waals surface area contributed by atoms with Crippen molar-refractivity contribution < 1.29 is 15.0 Å². The van der Waals surface area contributed by atoms with Gasteiger partial charge in [-0.25, -0.2) is 0 Å². The van der Waals surface area contributed by atoms with Crippen LogP contribution in [-0.4, -0.2) is 39.5 Å². The molecule has 0 heterocycles. The van der Waals surface area contributed by atoms with E-state index < -0.39 is 0 Å². The molecule has 0 atom stereocenters. The molecule has 2 rings (SSSR count). The number of nitrogens with zero attached hydrogens (tertiary/aromatic N) is 1. The van der Waals surface area contributed by atoms with E-state index in [1.807, 2.05) is 0 Å². The molecule has 2 N–H and O–H groups in total. The Labute approximate surface area is 117 Å². The number of carbonyl (C=O) groups excluding carboxylic acids is 1. The molecule has 1 aliphatic carbocycles. The van der Waals surface area contributed by atoms with Crippen LogP contribution in [0.2, 0.25) is 0 Å². The smallest absolute Gasteiger partial charge is 0.258 e. The van der Waals surface area contributed by atoms with Crippen molar-refractivity contribution in [2.75, 3.05) is 12.4 Å². The topological polar surface area (TPSA) is 60.8 Å². The van der Waals surface area contributed by atoms with E-state index in [-0.39, 0.29) is 29.0 Å². The Morgan fingerprint density at radius 1 is 1.32 bits per heavy atom. The number of phenols is 2. The van der Waals surface area contributed by atoms with Gasteiger partial charge in [-0.2, -0.15) is 0 Å². The van der Waals surface area contributed by atoms with Crippen molar-refractivity contribution in [1.29, 1.82) is 0 Å². The molecule has 1 aromatic rings. The number of alkyl halides is 1. The first-order valence-electron chi connectivity index (χ1n) is 6.53. The van der Waals surface area contributed by atoms with Gasteiger partial charge in [0.25, 0.3) is 5.91 Å². The Kier molecular flexibility index (Phi) is 4.53. The highest BCUT2D eigenvalue weighted by molar-refractivity contribution is 6.18. The minimum Gasteiger partial charge on any atom is -0.504 e. The van der Waals surface area contributed by atoms with E-state index in [1.165, 1.54) is 12.1 Å². The van der Waals surface area contributed by atoms with Crippen molar-refractivity contribution in [1.82, 2.24) is 4.90 Å². The molecule has 1 amide bonds. The number of carbonyl (C=O) groups is 1. The third kappa shape index (κ3) is 2.95. The average Bonchev–Trinajstić information content (AvgIpc) is 2.92. The van der Waals surface area contributed by atoms with Gasteiger partial charge in [0.15, 0.2) is 11.5 Å². The van der Waals surface area contributed by atoms with Crippen LogP contribution in [0.15, 0.2) is 18.2 Å². The number of amides is 1. The fourth-order valence-corrected chi connectivity index (χ4v) is 2.80. The maximum absolute atomic E-state index is 12.5. The lowest BCUT2D eigenvalue weighted by Gasteiger charge is -2.28. The molecule has 1 fully saturated rings. The standard InChI is InChI=1S/C14H18ClNO3/c15-8-9-16(10-4-1-2-5-10)14(19)11-6-3-7-12(17)13(11)18/h3,6-7,10,17-18H,1-2,4-5,8-9H2. The zero-order chi connectivity index (χ0) is 13.8. The molecule has 1 aromatic carbocycles. The van der Waals surface area contributed by atoms with Gasteiger partial charge in [-0.1, -0.05) is 18.9 Å². The van der Waals surface area contributed by atoms with Gasteiger partial charge in [-0.15, -0.1) is 11.6 Å². The van der Waals surface area contributed by atoms with E-state index in [1.54, 1.807) is 11.0 Å². The van der Waals surface area contributed by atoms with Gasteiger partial charge >= 0.3 is 0 Å². The molecule has 0 aromatic heterocycles. The molecular formula is C14H18ClNO3. The van der Waals surface area contributed by atoms with E-state index in [0.29, 0.717) is 12.4 Å². The van der Waals surface area contributed by atoms with Crippen molar-refractivity contribution in [3.63, 3.8) is 0 Å². The van der Waals surface area contributed by atoms with Crippen LogP contribution < -0.4 is 0 Å². The van der Waals surface area contributed by atoms with Crippen LogP contribution in [0, 0.1) is 0 Å². The van der Waals surface area contributed by atoms with Gasteiger partial charge in [-0.05, 0) is 25.0 Å². The summed E-state index contributed by atoms with van der Waals surface area (Å²) in [4.78, 5) is 14.2. The molecule has 0 spiro atoms. The Morgan fingerprint density at radius 3 is 2.63 bits per heavy atom. The predicted octanol–water partition coefficient (Wildman–Crippen LogP) is 2.72. The van der Waals surface area contributed by atoms with Crippen molar-refractivity contribution in [2.45, 2.75) is 31.7 Å². The number of benzene rings is 1. The normalized spacial score (nSPS) is 15.6. The number of halogens is 1. The van der Waals surface area contributed by atoms with E-state index in [2.05, 4.69) is 0 Å². The highest BCUT2D eigenvalue weighted by Gasteiger charge is 2.28. The van der Waals surface area contributed by atoms with Crippen molar-refractivity contribution in [2.24, 2.45) is 0 Å². The van der Waals surface area contributed by atoms with Gasteiger partial charge in [-0.3, -0.25) is 4.79 Å². The van der Waals surface area contributed by atoms with Crippen LogP contribution >= 0.6 is 11.6 Å². The van der Waals surface area contributed by atoms with Gasteiger partial charge in [0.1, 0.15) is 0 Å². The Morgan fingerprint density at radius 2 is 2.00 bits per heavy atom. The first-order chi connectivity index (χ1) is 9.15. The number of phenolic OH excluding ortho intramolecular Hbond substituents is 2. The summed E-state index contributed by atoms with van der Waals surface area (Å²) in [6.45, 7) is 0.458. The molecule has 1 saturated carbocycles. The lowest BCUT2D eigenvalue weighted by Crippen LogP contribution is -2.40. The second kappa shape index (κ2) is 6.15. The van der Waals surface area contributed by atoms with E-state index in [9.17, 15) is 15.0 Å². The minimum atomic E-state index is -0.356. The molecule has 4 nitrogen and oxygen atoms in total. The summed E-state index contributed by atoms with van der Waals surface area (Å²) in [5.41, 5.74) is 0.136. The van der Waals surface area contributed by atoms with Crippen molar-refractivity contribution in [3.8, 4) is 11.5 Å². The number of hydrogen-bond donors (Lipinski definition) is 2. The van der Waals surface area contributed by atoms with Gasteiger partial charge in [0.05, 0.1) is 5.56 Å². The molecule has 0 radical (unpaired) electrons. The first kappa shape index (κ1) is 14.0. The van der Waals surface area contributed by atoms with Gasteiger partial charge in [0.2, 0.25) is 0 Å². The SMILES string of the molecule is O=C(c1cccc(O)c1O)N(CCCl)C1CCCC1. The number of hydrogen-bond acceptors (Lipinski definition) is 3. The van der Waals surface area contributed by atoms with E-state index in [0.717, 1.165) is 25.7 Å². The average molecular weight is 284 g/mol. The number of rotatable bonds is 4. The van der Waals surface area contributed by atoms with Crippen LogP contribution in [0.5, 0.6) is 11.5 Å². The highest BCUT2D eigenvalue weighted by Crippen LogP contribution is 2.31. The number of aromatic hydroxyl groups is 2. The summed E-state index contributed by atoms with van der Waals surface area (Å²) >= 11 is 5.77. The van der Waals surface area contributed by atoms with E-state index >= 15 is 0 Å². The fourth-order valence-electron chi connectivity index (χ4n) is 2.62. The summed E-state index contributed by atoms with van der Waals surface area (Å²) in [6.07, 6.45) is 4.18. The molecule has 19 heavy (non-hydrogen) atoms. The monoisotopic (exact) mass is 283 g/mol. The summed E-state index contributed by atoms with van der Waals surface area (Å²) < 4.78 is 0. The summed E-state index contributed by atoms with van der Waals surface area (Å²) in [6, 6.07) is 4.62. The maximum atomic E-state index is 12.5. The van der Waals surface area contributed by atoms with Crippen molar-refractivity contribution >= 4 is 17.5 Å². The third-order valence-corrected chi connectivity index (χ3v) is 3.77. The summed E-state index contributed by atoms with van der Waals surface area (Å²) in [5, 5.41) is 19.3. The Bertz CT molecular complexity index is 458. The molecule has 0 unspecified atom stereocenters. The summed E-state index contributed by atoms with van der Waals surface area (Å²) in [5.74, 6) is -0.531. The summed E-state index contributed by atoms with van der Waals surface area (Å²) in [7, 11) is 0. The highest BCUT2D eigenvalue weighted by atomic mass is 35.5. The molecule has 5 heteroatoms. The molecular weight excluding hydrogens is 266 g/mol. The molecule has 0 aliphatic heterocycles. The zero-order valence-corrected chi connectivity index (χ0v) is 11.4. The molecule has 1 aliphatic rings. The Hall–Kier alpha value is -1.42. The number of para-hydroxylation sites is 1. The lowest BCUT2D eigenvalue weighted by molar-refractivity contribution is 0.0691. The Balaban J connectivity index is 2.25. The second-order valence-electron chi connectivity index (χ2n) is 4.80. The quantitative estimate of drug-likeness (QED) is 0.660. The lowest BCUT2D eigenvalue weighted by atomic mass is 10.1. The van der Waals surface area contributed by atoms with Crippen molar-refractivity contribution in [3.05, 3.63) is 23.8 Å². The third-order valence-electron chi connectivity index (χ3n) is 3.60. The van der Waals surface area contributed by atoms with Gasteiger partial charge in [0, 0.05) is 18.5 Å². The maximum Gasteiger partial charge on any atom is 0.258 e. The van der Waals surface area contributed by atoms with Crippen LogP contribution in [0.1, 0.15) is 36.0 Å². The van der Waals surface area contributed by atoms with Gasteiger partial charge < -0.3 is 15.1 Å². The zero-order valence-electron chi connectivity index (χ0n) is 10.7. The van der Waals surface area contributed by atoms with Crippen LogP contribution in [0.4, 0.5) is 0 Å². The van der Waals surface area contributed by atoms with Crippen LogP contribution in [-0.2, 0) is 0 Å². The van der Waals surface area contributed by atoms with E-state index in [4.69, 9.17) is 11.6 Å². The largest absolute Gasteiger partial charge is 0.504 e. The fraction of sp³-hybridized carbons (Fsp3) is 0.500. The first-order valence-corrected chi connectivity index (χ1v) is 7.06. The second-order valence-corrected chi connectivity index (χ2v) is 5.18. The predicted molar refractivity (Wildman–Crippen MR) is 73.8 cm³/mol. The van der Waals surface area contributed by atoms with Crippen LogP contribution in [0.25, 0.3) is 0 Å². The van der Waals surface area contributed by atoms with Crippen LogP contribution in [0.3, 0.4) is 0 Å².